The van der Waals surface area contributed by atoms with Gasteiger partial charge in [0, 0.05) is 52.4 Å². The molecule has 22 nitrogen and oxygen atoms in total. The number of hydrogen-bond donors (Lipinski definition) is 15. The summed E-state index contributed by atoms with van der Waals surface area (Å²) in [4.78, 5) is 27.8. The van der Waals surface area contributed by atoms with Gasteiger partial charge in [-0.1, -0.05) is 0 Å². The van der Waals surface area contributed by atoms with Crippen LogP contribution < -0.4 is 14.2 Å². The minimum absolute atomic E-state index is 0.188. The zero-order valence-electron chi connectivity index (χ0n) is 32.9. The first-order chi connectivity index (χ1) is 31.2. The zero-order valence-corrected chi connectivity index (χ0v) is 32.9. The van der Waals surface area contributed by atoms with Crippen LogP contribution in [0.4, 0.5) is 0 Å². The second kappa shape index (κ2) is 14.6. The first kappa shape index (κ1) is 42.0. The molecule has 3 aliphatic heterocycles. The van der Waals surface area contributed by atoms with Crippen LogP contribution in [0.15, 0.2) is 66.7 Å². The number of ether oxygens (including phenoxy) is 5. The fraction of sp³-hybridized carbons (Fsp3) is 0.136. The monoisotopic (exact) mass is 912 g/mol. The molecule has 0 spiro atoms. The lowest BCUT2D eigenvalue weighted by atomic mass is 9.73. The Morgan fingerprint density at radius 3 is 1.47 bits per heavy atom. The van der Waals surface area contributed by atoms with Crippen LogP contribution in [0.5, 0.6) is 103 Å². The highest BCUT2D eigenvalue weighted by molar-refractivity contribution is 5.92. The van der Waals surface area contributed by atoms with Crippen LogP contribution in [-0.2, 0) is 21.7 Å². The number of benzene rings is 6. The third kappa shape index (κ3) is 6.41. The number of carbonyl (C=O) groups excluding carboxylic acids is 2. The summed E-state index contributed by atoms with van der Waals surface area (Å²) < 4.78 is 31.2. The number of fused-ring (bicyclic) bond motifs is 8. The molecular weight excluding hydrogens is 880 g/mol. The summed E-state index contributed by atoms with van der Waals surface area (Å²) in [5.41, 5.74) is -2.37. The molecule has 0 aromatic heterocycles. The Morgan fingerprint density at radius 1 is 0.500 bits per heavy atom. The molecule has 0 amide bonds. The molecule has 6 aromatic carbocycles. The molecule has 3 heterocycles. The van der Waals surface area contributed by atoms with E-state index in [0.717, 1.165) is 66.7 Å². The summed E-state index contributed by atoms with van der Waals surface area (Å²) >= 11 is 0. The maximum atomic E-state index is 14.2. The van der Waals surface area contributed by atoms with Gasteiger partial charge in [-0.15, -0.1) is 0 Å². The fourth-order valence-corrected chi connectivity index (χ4v) is 8.27. The normalized spacial score (nSPS) is 20.0. The summed E-state index contributed by atoms with van der Waals surface area (Å²) in [6, 6.07) is 9.40. The van der Waals surface area contributed by atoms with Crippen molar-refractivity contribution in [2.45, 2.75) is 36.4 Å². The molecule has 0 fully saturated rings. The number of phenols is 15. The Kier molecular flexibility index (Phi) is 9.30. The van der Waals surface area contributed by atoms with E-state index in [2.05, 4.69) is 0 Å². The molecule has 0 saturated heterocycles. The predicted octanol–water partition coefficient (Wildman–Crippen LogP) is 4.17. The molecule has 2 bridgehead atoms. The van der Waals surface area contributed by atoms with E-state index in [-0.39, 0.29) is 28.0 Å². The second-order valence-electron chi connectivity index (χ2n) is 15.4. The molecule has 3 aliphatic rings. The Balaban J connectivity index is 1.28. The van der Waals surface area contributed by atoms with Gasteiger partial charge < -0.3 is 100 Å². The number of phenolic OH excluding ortho intramolecular Hbond substituents is 15. The van der Waals surface area contributed by atoms with Crippen molar-refractivity contribution in [3.63, 3.8) is 0 Å². The summed E-state index contributed by atoms with van der Waals surface area (Å²) in [7, 11) is 0. The first-order valence-electron chi connectivity index (χ1n) is 19.1. The second-order valence-corrected chi connectivity index (χ2v) is 15.4. The van der Waals surface area contributed by atoms with Crippen LogP contribution >= 0.6 is 0 Å². The van der Waals surface area contributed by atoms with Crippen LogP contribution in [0, 0.1) is 0 Å². The fourth-order valence-electron chi connectivity index (χ4n) is 8.27. The summed E-state index contributed by atoms with van der Waals surface area (Å²) in [5, 5.41) is 158. The lowest BCUT2D eigenvalue weighted by molar-refractivity contribution is -0.219. The van der Waals surface area contributed by atoms with E-state index < -0.39 is 163 Å². The SMILES string of the molecule is O=C(O[C@@H]1[C@@H]2c3c(O)cc(O)cc3O[C@@]1(c1cc(O)c(O)c(O)c1)Oc1cc(O)c3c(c12)O[C@H](c1cc(O)c(O)c(O)c1)[C@H](OC(=O)c1cc(O)c(O)c(O)c1)C3)c1cc(O)c(O)c(O)c1. The minimum Gasteiger partial charge on any atom is -0.508 e. The molecule has 340 valence electrons. The lowest BCUT2D eigenvalue weighted by Crippen LogP contribution is -2.59. The average Bonchev–Trinajstić information content (AvgIpc) is 3.25. The molecule has 5 atom stereocenters. The Hall–Kier alpha value is -9.34. The van der Waals surface area contributed by atoms with Gasteiger partial charge in [0.15, 0.2) is 81.2 Å². The van der Waals surface area contributed by atoms with Gasteiger partial charge in [0.25, 0.3) is 0 Å². The highest BCUT2D eigenvalue weighted by Crippen LogP contribution is 2.64. The predicted molar refractivity (Wildman–Crippen MR) is 214 cm³/mol. The van der Waals surface area contributed by atoms with Gasteiger partial charge in [0.05, 0.1) is 17.0 Å². The van der Waals surface area contributed by atoms with Crippen molar-refractivity contribution in [1.82, 2.24) is 0 Å². The molecule has 0 radical (unpaired) electrons. The van der Waals surface area contributed by atoms with Crippen LogP contribution in [0.25, 0.3) is 0 Å². The average molecular weight is 913 g/mol. The summed E-state index contributed by atoms with van der Waals surface area (Å²) in [5.74, 6) is -21.4. The van der Waals surface area contributed by atoms with Crippen molar-refractivity contribution in [2.24, 2.45) is 0 Å². The van der Waals surface area contributed by atoms with E-state index in [1.807, 2.05) is 0 Å². The quantitative estimate of drug-likeness (QED) is 0.0823. The van der Waals surface area contributed by atoms with E-state index in [4.69, 9.17) is 23.7 Å². The molecule has 0 aliphatic carbocycles. The van der Waals surface area contributed by atoms with Crippen molar-refractivity contribution in [1.29, 1.82) is 0 Å². The van der Waals surface area contributed by atoms with E-state index in [1.54, 1.807) is 0 Å². The smallest absolute Gasteiger partial charge is 0.339 e. The van der Waals surface area contributed by atoms with Gasteiger partial charge in [-0.3, -0.25) is 0 Å². The third-order valence-electron chi connectivity index (χ3n) is 11.3. The highest BCUT2D eigenvalue weighted by atomic mass is 16.7. The van der Waals surface area contributed by atoms with Crippen molar-refractivity contribution in [2.75, 3.05) is 0 Å². The van der Waals surface area contributed by atoms with Gasteiger partial charge in [-0.2, -0.15) is 0 Å². The minimum atomic E-state index is -2.67. The molecular formula is C44H32O22. The lowest BCUT2D eigenvalue weighted by Gasteiger charge is -2.51. The van der Waals surface area contributed by atoms with Crippen molar-refractivity contribution >= 4 is 11.9 Å². The van der Waals surface area contributed by atoms with E-state index in [1.165, 1.54) is 0 Å². The molecule has 0 unspecified atom stereocenters. The van der Waals surface area contributed by atoms with Crippen molar-refractivity contribution in [3.05, 3.63) is 106 Å². The molecule has 22 heteroatoms. The number of rotatable bonds is 6. The van der Waals surface area contributed by atoms with Gasteiger partial charge >= 0.3 is 17.7 Å². The largest absolute Gasteiger partial charge is 0.508 e. The molecule has 9 rings (SSSR count). The molecule has 6 aromatic rings. The molecule has 66 heavy (non-hydrogen) atoms. The Bertz CT molecular complexity index is 3000. The number of carbonyl (C=O) groups is 2. The van der Waals surface area contributed by atoms with E-state index in [0.29, 0.717) is 0 Å². The van der Waals surface area contributed by atoms with Crippen LogP contribution in [0.1, 0.15) is 60.6 Å². The van der Waals surface area contributed by atoms with Gasteiger partial charge in [-0.25, -0.2) is 9.59 Å². The maximum Gasteiger partial charge on any atom is 0.339 e. The van der Waals surface area contributed by atoms with Crippen LogP contribution in [-0.4, -0.2) is 101 Å². The number of aromatic hydroxyl groups is 15. The zero-order chi connectivity index (χ0) is 47.4. The number of hydrogen-bond acceptors (Lipinski definition) is 22. The van der Waals surface area contributed by atoms with E-state index >= 15 is 0 Å². The first-order valence-corrected chi connectivity index (χ1v) is 19.1. The third-order valence-corrected chi connectivity index (χ3v) is 11.3. The topological polar surface area (TPSA) is 384 Å². The number of esters is 2. The van der Waals surface area contributed by atoms with Gasteiger partial charge in [0.2, 0.25) is 0 Å². The van der Waals surface area contributed by atoms with Crippen LogP contribution in [0.2, 0.25) is 0 Å². The van der Waals surface area contributed by atoms with Crippen LogP contribution in [0.3, 0.4) is 0 Å². The van der Waals surface area contributed by atoms with Crippen molar-refractivity contribution in [3.8, 4) is 103 Å². The summed E-state index contributed by atoms with van der Waals surface area (Å²) in [6.45, 7) is 0. The molecule has 15 N–H and O–H groups in total. The van der Waals surface area contributed by atoms with Crippen molar-refractivity contribution < 1.29 is 110 Å². The standard InChI is InChI=1S/C44H32O22/c45-17-9-20(47)32-29(10-17)65-44(16-7-27(54)38(59)28(55)8-16)41(64-43(61)15-5-25(52)37(58)26(53)6-15)34(32)33-30(66-44)12-19(46)18-11-31(62-42(60)14-3-23(50)36(57)24(51)4-14)39(63-40(18)33)13-1-21(48)35(56)22(49)2-13/h1-10,12,31,34,39,41,45-59H,11H2/t31-,34-,39-,41-,44+/m1/s1. The van der Waals surface area contributed by atoms with Gasteiger partial charge in [0.1, 0.15) is 40.6 Å². The molecule has 0 saturated carbocycles. The Labute approximate surface area is 366 Å². The highest BCUT2D eigenvalue weighted by Gasteiger charge is 2.63. The Morgan fingerprint density at radius 2 is 0.955 bits per heavy atom. The van der Waals surface area contributed by atoms with E-state index in [9.17, 15) is 86.2 Å². The van der Waals surface area contributed by atoms with Gasteiger partial charge in [-0.05, 0) is 48.5 Å². The summed E-state index contributed by atoms with van der Waals surface area (Å²) in [6.07, 6.45) is -5.83. The maximum absolute atomic E-state index is 14.2.